The maximum Gasteiger partial charge on any atom is 0.240 e. The highest BCUT2D eigenvalue weighted by Crippen LogP contribution is 2.29. The van der Waals surface area contributed by atoms with Crippen LogP contribution in [0.2, 0.25) is 0 Å². The zero-order valence-electron chi connectivity index (χ0n) is 13.2. The van der Waals surface area contributed by atoms with Gasteiger partial charge < -0.3 is 4.90 Å². The van der Waals surface area contributed by atoms with Gasteiger partial charge in [0.15, 0.2) is 0 Å². The molecule has 126 valence electrons. The first-order chi connectivity index (χ1) is 10.9. The van der Waals surface area contributed by atoms with Crippen LogP contribution in [0.15, 0.2) is 18.2 Å². The maximum atomic E-state index is 13.9. The molecule has 1 unspecified atom stereocenters. The molecule has 1 amide bonds. The van der Waals surface area contributed by atoms with E-state index < -0.39 is 23.3 Å². The van der Waals surface area contributed by atoms with Gasteiger partial charge in [0.05, 0.1) is 19.1 Å². The average Bonchev–Trinajstić information content (AvgIpc) is 2.48. The Morgan fingerprint density at radius 1 is 1.26 bits per heavy atom. The normalized spacial score (nSPS) is 24.3. The summed E-state index contributed by atoms with van der Waals surface area (Å²) in [6.07, 6.45) is 2.43. The molecule has 2 fully saturated rings. The van der Waals surface area contributed by atoms with E-state index in [-0.39, 0.29) is 31.1 Å². The maximum absolute atomic E-state index is 13.9. The molecule has 3 rings (SSSR count). The molecule has 2 aliphatic heterocycles. The van der Waals surface area contributed by atoms with E-state index >= 15 is 0 Å². The Morgan fingerprint density at radius 2 is 1.91 bits per heavy atom. The number of benzene rings is 1. The lowest BCUT2D eigenvalue weighted by molar-refractivity contribution is -0.151. The van der Waals surface area contributed by atoms with E-state index in [1.807, 2.05) is 4.90 Å². The van der Waals surface area contributed by atoms with Gasteiger partial charge in [-0.15, -0.1) is 0 Å². The third-order valence-corrected chi connectivity index (χ3v) is 4.67. The van der Waals surface area contributed by atoms with Crippen molar-refractivity contribution in [3.8, 4) is 0 Å². The van der Waals surface area contributed by atoms with Crippen LogP contribution in [0.3, 0.4) is 0 Å². The van der Waals surface area contributed by atoms with Crippen molar-refractivity contribution in [1.82, 2.24) is 9.80 Å². The lowest BCUT2D eigenvalue weighted by atomic mass is 9.94. The molecule has 1 aromatic carbocycles. The van der Waals surface area contributed by atoms with Crippen LogP contribution < -0.4 is 0 Å². The lowest BCUT2D eigenvalue weighted by Gasteiger charge is -2.46. The van der Waals surface area contributed by atoms with E-state index in [0.717, 1.165) is 12.8 Å². The van der Waals surface area contributed by atoms with Crippen LogP contribution in [0.1, 0.15) is 31.7 Å². The summed E-state index contributed by atoms with van der Waals surface area (Å²) < 4.78 is 41.3. The van der Waals surface area contributed by atoms with Crippen molar-refractivity contribution < 1.29 is 18.0 Å². The first-order valence-corrected chi connectivity index (χ1v) is 8.02. The Hall–Kier alpha value is -1.56. The number of likely N-dealkylation sites (tertiary alicyclic amines) is 2. The minimum absolute atomic E-state index is 0.00820. The van der Waals surface area contributed by atoms with Gasteiger partial charge in [0.2, 0.25) is 5.91 Å². The lowest BCUT2D eigenvalue weighted by Crippen LogP contribution is -2.63. The van der Waals surface area contributed by atoms with Gasteiger partial charge in [0.1, 0.15) is 17.3 Å². The summed E-state index contributed by atoms with van der Waals surface area (Å²) in [6, 6.07) is 3.36. The van der Waals surface area contributed by atoms with Gasteiger partial charge in [-0.2, -0.15) is 0 Å². The molecule has 1 atom stereocenters. The summed E-state index contributed by atoms with van der Waals surface area (Å²) >= 11 is 0. The van der Waals surface area contributed by atoms with Crippen molar-refractivity contribution in [3.63, 3.8) is 0 Å². The molecular formula is C17H21F3N2O. The van der Waals surface area contributed by atoms with Crippen LogP contribution in [0, 0.1) is 11.6 Å². The third kappa shape index (κ3) is 3.37. The highest BCUT2D eigenvalue weighted by molar-refractivity contribution is 5.83. The van der Waals surface area contributed by atoms with Crippen molar-refractivity contribution in [2.45, 2.75) is 44.4 Å². The number of piperidine rings is 1. The highest BCUT2D eigenvalue weighted by Gasteiger charge is 2.44. The molecule has 0 N–H and O–H groups in total. The van der Waals surface area contributed by atoms with Crippen molar-refractivity contribution in [2.75, 3.05) is 19.6 Å². The first-order valence-electron chi connectivity index (χ1n) is 8.02. The molecule has 0 saturated carbocycles. The van der Waals surface area contributed by atoms with Crippen molar-refractivity contribution in [1.29, 1.82) is 0 Å². The van der Waals surface area contributed by atoms with Gasteiger partial charge in [0.25, 0.3) is 0 Å². The number of nitrogens with zero attached hydrogens (tertiary/aromatic N) is 2. The Bertz CT molecular complexity index is 577. The van der Waals surface area contributed by atoms with Crippen LogP contribution in [-0.2, 0) is 11.3 Å². The molecule has 2 saturated heterocycles. The molecule has 0 bridgehead atoms. The van der Waals surface area contributed by atoms with Crippen LogP contribution in [0.25, 0.3) is 0 Å². The van der Waals surface area contributed by atoms with Gasteiger partial charge >= 0.3 is 0 Å². The standard InChI is InChI=1S/C17H21F3N2O/c1-17(20)10-22(11-17)16(23)15-7-2-3-8-21(15)9-12-13(18)5-4-6-14(12)19/h4-6,15H,2-3,7-11H2,1H3. The second-order valence-electron chi connectivity index (χ2n) is 6.79. The predicted molar refractivity (Wildman–Crippen MR) is 80.5 cm³/mol. The molecule has 0 spiro atoms. The van der Waals surface area contributed by atoms with E-state index in [1.165, 1.54) is 30.0 Å². The van der Waals surface area contributed by atoms with Crippen LogP contribution >= 0.6 is 0 Å². The molecule has 2 heterocycles. The van der Waals surface area contributed by atoms with E-state index in [2.05, 4.69) is 0 Å². The highest BCUT2D eigenvalue weighted by atomic mass is 19.1. The summed E-state index contributed by atoms with van der Waals surface area (Å²) in [4.78, 5) is 15.9. The Kier molecular flexibility index (Phi) is 4.36. The monoisotopic (exact) mass is 326 g/mol. The summed E-state index contributed by atoms with van der Waals surface area (Å²) in [5, 5.41) is 0. The van der Waals surface area contributed by atoms with Crippen LogP contribution in [0.4, 0.5) is 13.2 Å². The summed E-state index contributed by atoms with van der Waals surface area (Å²) in [5.74, 6) is -1.32. The average molecular weight is 326 g/mol. The quantitative estimate of drug-likeness (QED) is 0.853. The molecule has 1 aromatic rings. The topological polar surface area (TPSA) is 23.6 Å². The van der Waals surface area contributed by atoms with E-state index in [9.17, 15) is 18.0 Å². The molecule has 3 nitrogen and oxygen atoms in total. The Morgan fingerprint density at radius 3 is 2.52 bits per heavy atom. The zero-order chi connectivity index (χ0) is 16.6. The second kappa shape index (κ2) is 6.15. The number of carbonyl (C=O) groups is 1. The molecular weight excluding hydrogens is 305 g/mol. The van der Waals surface area contributed by atoms with Gasteiger partial charge in [0, 0.05) is 12.1 Å². The molecule has 23 heavy (non-hydrogen) atoms. The molecule has 0 aromatic heterocycles. The number of hydrogen-bond donors (Lipinski definition) is 0. The number of rotatable bonds is 3. The number of hydrogen-bond acceptors (Lipinski definition) is 2. The Labute approximate surface area is 134 Å². The van der Waals surface area contributed by atoms with Crippen molar-refractivity contribution in [2.24, 2.45) is 0 Å². The minimum Gasteiger partial charge on any atom is -0.335 e. The van der Waals surface area contributed by atoms with Gasteiger partial charge in [-0.1, -0.05) is 12.5 Å². The SMILES string of the molecule is CC1(F)CN(C(=O)C2CCCCN2Cc2c(F)cccc2F)C1. The van der Waals surface area contributed by atoms with E-state index in [1.54, 1.807) is 0 Å². The van der Waals surface area contributed by atoms with Gasteiger partial charge in [-0.3, -0.25) is 9.69 Å². The number of carbonyl (C=O) groups excluding carboxylic acids is 1. The van der Waals surface area contributed by atoms with Gasteiger partial charge in [-0.25, -0.2) is 13.2 Å². The first kappa shape index (κ1) is 16.3. The molecule has 2 aliphatic rings. The summed E-state index contributed by atoms with van der Waals surface area (Å²) in [6.45, 7) is 2.36. The van der Waals surface area contributed by atoms with E-state index in [4.69, 9.17) is 0 Å². The third-order valence-electron chi connectivity index (χ3n) is 4.67. The summed E-state index contributed by atoms with van der Waals surface area (Å²) in [7, 11) is 0. The van der Waals surface area contributed by atoms with Crippen LogP contribution in [0.5, 0.6) is 0 Å². The Balaban J connectivity index is 1.73. The zero-order valence-corrected chi connectivity index (χ0v) is 13.2. The number of alkyl halides is 1. The fraction of sp³-hybridized carbons (Fsp3) is 0.588. The van der Waals surface area contributed by atoms with E-state index in [0.29, 0.717) is 13.0 Å². The fourth-order valence-corrected chi connectivity index (χ4v) is 3.46. The van der Waals surface area contributed by atoms with Crippen molar-refractivity contribution in [3.05, 3.63) is 35.4 Å². The second-order valence-corrected chi connectivity index (χ2v) is 6.79. The summed E-state index contributed by atoms with van der Waals surface area (Å²) in [5.41, 5.74) is -1.32. The number of amides is 1. The van der Waals surface area contributed by atoms with Gasteiger partial charge in [-0.05, 0) is 38.4 Å². The smallest absolute Gasteiger partial charge is 0.240 e. The van der Waals surface area contributed by atoms with Crippen molar-refractivity contribution >= 4 is 5.91 Å². The minimum atomic E-state index is -1.31. The largest absolute Gasteiger partial charge is 0.335 e. The molecule has 0 aliphatic carbocycles. The van der Waals surface area contributed by atoms with Crippen LogP contribution in [-0.4, -0.2) is 47.1 Å². The molecule has 0 radical (unpaired) electrons. The molecule has 6 heteroatoms. The number of halogens is 3. The fourth-order valence-electron chi connectivity index (χ4n) is 3.46. The predicted octanol–water partition coefficient (Wildman–Crippen LogP) is 2.89.